The zero-order valence-electron chi connectivity index (χ0n) is 10.0. The zero-order chi connectivity index (χ0) is 14.3. The Morgan fingerprint density at radius 2 is 2.05 bits per heavy atom. The van der Waals surface area contributed by atoms with Gasteiger partial charge in [0.15, 0.2) is 5.69 Å². The number of halogens is 2. The van der Waals surface area contributed by atoms with Gasteiger partial charge in [0, 0.05) is 15.9 Å². The second-order valence-corrected chi connectivity index (χ2v) is 5.12. The second-order valence-electron chi connectivity index (χ2n) is 4.21. The molecule has 0 saturated carbocycles. The van der Waals surface area contributed by atoms with E-state index >= 15 is 0 Å². The van der Waals surface area contributed by atoms with E-state index in [1.165, 1.54) is 22.9 Å². The quantitative estimate of drug-likeness (QED) is 0.778. The lowest BCUT2D eigenvalue weighted by Crippen LogP contribution is -2.01. The van der Waals surface area contributed by atoms with Crippen LogP contribution in [0.2, 0.25) is 0 Å². The third-order valence-electron chi connectivity index (χ3n) is 2.90. The molecular weight excluding hydrogens is 327 g/mol. The van der Waals surface area contributed by atoms with Crippen molar-refractivity contribution in [1.82, 2.24) is 9.78 Å². The number of hydrogen-bond donors (Lipinski definition) is 1. The molecule has 0 unspecified atom stereocenters. The molecule has 0 radical (unpaired) electrons. The predicted octanol–water partition coefficient (Wildman–Crippen LogP) is 3.63. The fourth-order valence-corrected chi connectivity index (χ4v) is 2.44. The molecule has 0 atom stereocenters. The maximum Gasteiger partial charge on any atom is 0.357 e. The summed E-state index contributed by atoms with van der Waals surface area (Å²) in [5, 5.41) is 13.7. The highest BCUT2D eigenvalue weighted by Gasteiger charge is 2.17. The van der Waals surface area contributed by atoms with Crippen LogP contribution in [0.25, 0.3) is 16.6 Å². The van der Waals surface area contributed by atoms with Crippen molar-refractivity contribution in [2.75, 3.05) is 0 Å². The van der Waals surface area contributed by atoms with Gasteiger partial charge in [0.2, 0.25) is 0 Å². The van der Waals surface area contributed by atoms with E-state index < -0.39 is 11.8 Å². The Kier molecular flexibility index (Phi) is 3.02. The Balaban J connectivity index is 2.35. The van der Waals surface area contributed by atoms with Crippen molar-refractivity contribution in [3.05, 3.63) is 58.4 Å². The third-order valence-corrected chi connectivity index (χ3v) is 3.39. The molecule has 1 N–H and O–H groups in total. The summed E-state index contributed by atoms with van der Waals surface area (Å²) in [6.45, 7) is 0. The number of aromatic carboxylic acids is 1. The van der Waals surface area contributed by atoms with Crippen LogP contribution < -0.4 is 0 Å². The van der Waals surface area contributed by atoms with Crippen LogP contribution in [0.1, 0.15) is 10.5 Å². The summed E-state index contributed by atoms with van der Waals surface area (Å²) >= 11 is 3.34. The molecule has 1 aromatic heterocycles. The van der Waals surface area contributed by atoms with Gasteiger partial charge >= 0.3 is 5.97 Å². The number of carboxylic acid groups (broad SMARTS) is 1. The molecule has 0 bridgehead atoms. The van der Waals surface area contributed by atoms with Crippen molar-refractivity contribution < 1.29 is 14.3 Å². The molecular formula is C14H8BrFN2O2. The first-order valence-electron chi connectivity index (χ1n) is 5.74. The van der Waals surface area contributed by atoms with Crippen LogP contribution in [0.4, 0.5) is 4.39 Å². The number of hydrogen-bond acceptors (Lipinski definition) is 2. The number of carboxylic acids is 1. The van der Waals surface area contributed by atoms with E-state index in [1.807, 2.05) is 6.07 Å². The van der Waals surface area contributed by atoms with E-state index in [1.54, 1.807) is 18.2 Å². The lowest BCUT2D eigenvalue weighted by atomic mass is 10.2. The molecule has 6 heteroatoms. The summed E-state index contributed by atoms with van der Waals surface area (Å²) in [5.74, 6) is -1.58. The second kappa shape index (κ2) is 4.72. The minimum Gasteiger partial charge on any atom is -0.476 e. The van der Waals surface area contributed by atoms with E-state index in [0.717, 1.165) is 4.47 Å². The molecule has 0 aliphatic rings. The van der Waals surface area contributed by atoms with E-state index in [-0.39, 0.29) is 5.69 Å². The third kappa shape index (κ3) is 2.08. The maximum absolute atomic E-state index is 13.4. The Hall–Kier alpha value is -2.21. The standard InChI is InChI=1S/C14H8BrFN2O2/c15-8-2-1-3-10(6-8)18-12-7-9(16)4-5-11(12)13(17-18)14(19)20/h1-7H,(H,19,20). The summed E-state index contributed by atoms with van der Waals surface area (Å²) in [6, 6.07) is 11.1. The fourth-order valence-electron chi connectivity index (χ4n) is 2.05. The summed E-state index contributed by atoms with van der Waals surface area (Å²) < 4.78 is 15.7. The maximum atomic E-state index is 13.4. The van der Waals surface area contributed by atoms with Crippen molar-refractivity contribution in [1.29, 1.82) is 0 Å². The minimum absolute atomic E-state index is 0.0972. The molecule has 0 aliphatic heterocycles. The average Bonchev–Trinajstić information content (AvgIpc) is 2.77. The average molecular weight is 335 g/mol. The van der Waals surface area contributed by atoms with Crippen molar-refractivity contribution in [3.63, 3.8) is 0 Å². The number of aromatic nitrogens is 2. The normalized spacial score (nSPS) is 10.9. The molecule has 0 aliphatic carbocycles. The van der Waals surface area contributed by atoms with E-state index in [9.17, 15) is 14.3 Å². The first-order chi connectivity index (χ1) is 9.56. The highest BCUT2D eigenvalue weighted by atomic mass is 79.9. The lowest BCUT2D eigenvalue weighted by Gasteiger charge is -2.03. The van der Waals surface area contributed by atoms with Gasteiger partial charge < -0.3 is 5.11 Å². The van der Waals surface area contributed by atoms with Gasteiger partial charge in [-0.2, -0.15) is 5.10 Å². The first kappa shape index (κ1) is 12.8. The molecule has 100 valence electrons. The smallest absolute Gasteiger partial charge is 0.357 e. The summed E-state index contributed by atoms with van der Waals surface area (Å²) in [6.07, 6.45) is 0. The van der Waals surface area contributed by atoms with Crippen LogP contribution in [0.5, 0.6) is 0 Å². The molecule has 0 spiro atoms. The summed E-state index contributed by atoms with van der Waals surface area (Å²) in [7, 11) is 0. The van der Waals surface area contributed by atoms with Crippen molar-refractivity contribution in [3.8, 4) is 5.69 Å². The molecule has 4 nitrogen and oxygen atoms in total. The molecule has 2 aromatic carbocycles. The van der Waals surface area contributed by atoms with Gasteiger partial charge in [-0.05, 0) is 30.3 Å². The number of nitrogens with zero attached hydrogens (tertiary/aromatic N) is 2. The zero-order valence-corrected chi connectivity index (χ0v) is 11.6. The van der Waals surface area contributed by atoms with Gasteiger partial charge in [-0.3, -0.25) is 0 Å². The van der Waals surface area contributed by atoms with Crippen LogP contribution >= 0.6 is 15.9 Å². The fraction of sp³-hybridized carbons (Fsp3) is 0. The van der Waals surface area contributed by atoms with E-state index in [0.29, 0.717) is 16.6 Å². The van der Waals surface area contributed by atoms with Crippen LogP contribution in [-0.4, -0.2) is 20.9 Å². The van der Waals surface area contributed by atoms with Gasteiger partial charge in [-0.25, -0.2) is 13.9 Å². The molecule has 20 heavy (non-hydrogen) atoms. The Labute approximate surface area is 121 Å². The SMILES string of the molecule is O=C(O)c1nn(-c2cccc(Br)c2)c2cc(F)ccc12. The van der Waals surface area contributed by atoms with Crippen LogP contribution in [0.15, 0.2) is 46.9 Å². The van der Waals surface area contributed by atoms with Crippen LogP contribution in [0, 0.1) is 5.82 Å². The molecule has 0 fully saturated rings. The number of carbonyl (C=O) groups is 1. The van der Waals surface area contributed by atoms with Crippen molar-refractivity contribution in [2.24, 2.45) is 0 Å². The van der Waals surface area contributed by atoms with E-state index in [4.69, 9.17) is 0 Å². The highest BCUT2D eigenvalue weighted by molar-refractivity contribution is 9.10. The minimum atomic E-state index is -1.14. The largest absolute Gasteiger partial charge is 0.476 e. The molecule has 3 aromatic rings. The van der Waals surface area contributed by atoms with Crippen LogP contribution in [-0.2, 0) is 0 Å². The van der Waals surface area contributed by atoms with Gasteiger partial charge in [-0.15, -0.1) is 0 Å². The number of benzene rings is 2. The van der Waals surface area contributed by atoms with E-state index in [2.05, 4.69) is 21.0 Å². The van der Waals surface area contributed by atoms with Crippen LogP contribution in [0.3, 0.4) is 0 Å². The molecule has 1 heterocycles. The lowest BCUT2D eigenvalue weighted by molar-refractivity contribution is 0.0692. The summed E-state index contributed by atoms with van der Waals surface area (Å²) in [5.41, 5.74) is 0.975. The Morgan fingerprint density at radius 3 is 2.75 bits per heavy atom. The Morgan fingerprint density at radius 1 is 1.25 bits per heavy atom. The monoisotopic (exact) mass is 334 g/mol. The first-order valence-corrected chi connectivity index (χ1v) is 6.53. The van der Waals surface area contributed by atoms with Gasteiger partial charge in [0.1, 0.15) is 5.82 Å². The summed E-state index contributed by atoms with van der Waals surface area (Å²) in [4.78, 5) is 11.2. The Bertz CT molecular complexity index is 829. The number of rotatable bonds is 2. The predicted molar refractivity (Wildman–Crippen MR) is 75.7 cm³/mol. The molecule has 3 rings (SSSR count). The number of fused-ring (bicyclic) bond motifs is 1. The molecule has 0 amide bonds. The van der Waals surface area contributed by atoms with Gasteiger partial charge in [0.05, 0.1) is 11.2 Å². The van der Waals surface area contributed by atoms with Gasteiger partial charge in [0.25, 0.3) is 0 Å². The molecule has 0 saturated heterocycles. The van der Waals surface area contributed by atoms with Crippen molar-refractivity contribution >= 4 is 32.8 Å². The van der Waals surface area contributed by atoms with Crippen molar-refractivity contribution in [2.45, 2.75) is 0 Å². The topological polar surface area (TPSA) is 55.1 Å². The van der Waals surface area contributed by atoms with Gasteiger partial charge in [-0.1, -0.05) is 22.0 Å². The highest BCUT2D eigenvalue weighted by Crippen LogP contribution is 2.24.